The van der Waals surface area contributed by atoms with Gasteiger partial charge in [0, 0.05) is 25.0 Å². The van der Waals surface area contributed by atoms with E-state index in [-0.39, 0.29) is 0 Å². The summed E-state index contributed by atoms with van der Waals surface area (Å²) in [5.74, 6) is -0.193. The summed E-state index contributed by atoms with van der Waals surface area (Å²) in [6.07, 6.45) is 2.23. The van der Waals surface area contributed by atoms with Gasteiger partial charge in [-0.15, -0.1) is 0 Å². The third-order valence-electron chi connectivity index (χ3n) is 3.85. The van der Waals surface area contributed by atoms with Gasteiger partial charge in [-0.25, -0.2) is 0 Å². The average molecular weight is 242 g/mol. The molecule has 0 aromatic heterocycles. The van der Waals surface area contributed by atoms with Crippen molar-refractivity contribution in [3.8, 4) is 0 Å². The Bertz CT molecular complexity index is 254. The number of piperidine rings is 1. The van der Waals surface area contributed by atoms with Crippen molar-refractivity contribution in [2.75, 3.05) is 27.2 Å². The minimum atomic E-state index is -0.677. The number of nitrogens with zero attached hydrogens (tertiary/aromatic N) is 2. The van der Waals surface area contributed by atoms with Crippen LogP contribution in [0.1, 0.15) is 33.1 Å². The Kier molecular flexibility index (Phi) is 5.40. The van der Waals surface area contributed by atoms with Gasteiger partial charge in [0.1, 0.15) is 0 Å². The van der Waals surface area contributed by atoms with Gasteiger partial charge >= 0.3 is 5.97 Å². The van der Waals surface area contributed by atoms with Crippen LogP contribution in [0.5, 0.6) is 0 Å². The van der Waals surface area contributed by atoms with Crippen molar-refractivity contribution in [3.05, 3.63) is 0 Å². The number of carboxylic acid groups (broad SMARTS) is 1. The van der Waals surface area contributed by atoms with E-state index in [1.807, 2.05) is 0 Å². The summed E-state index contributed by atoms with van der Waals surface area (Å²) in [7, 11) is 4.20. The number of hydrogen-bond acceptors (Lipinski definition) is 3. The number of carboxylic acids is 1. The molecule has 17 heavy (non-hydrogen) atoms. The van der Waals surface area contributed by atoms with Crippen molar-refractivity contribution in [3.63, 3.8) is 0 Å². The van der Waals surface area contributed by atoms with Crippen LogP contribution in [0.3, 0.4) is 0 Å². The number of carbonyl (C=O) groups is 1. The van der Waals surface area contributed by atoms with E-state index in [1.165, 1.54) is 0 Å². The van der Waals surface area contributed by atoms with E-state index in [9.17, 15) is 4.79 Å². The van der Waals surface area contributed by atoms with Crippen molar-refractivity contribution in [2.24, 2.45) is 5.92 Å². The zero-order valence-electron chi connectivity index (χ0n) is 11.5. The topological polar surface area (TPSA) is 43.8 Å². The fourth-order valence-electron chi connectivity index (χ4n) is 2.79. The molecule has 0 radical (unpaired) electrons. The fraction of sp³-hybridized carbons (Fsp3) is 0.923. The maximum Gasteiger partial charge on any atom is 0.303 e. The molecule has 1 heterocycles. The fourth-order valence-corrected chi connectivity index (χ4v) is 2.79. The van der Waals surface area contributed by atoms with Gasteiger partial charge in [0.2, 0.25) is 0 Å². The molecule has 1 N–H and O–H groups in total. The lowest BCUT2D eigenvalue weighted by molar-refractivity contribution is -0.137. The van der Waals surface area contributed by atoms with Crippen LogP contribution < -0.4 is 0 Å². The second-order valence-corrected chi connectivity index (χ2v) is 5.60. The summed E-state index contributed by atoms with van der Waals surface area (Å²) in [5.41, 5.74) is 0. The number of aliphatic carboxylic acids is 1. The molecule has 0 bridgehead atoms. The predicted octanol–water partition coefficient (Wildman–Crippen LogP) is 1.51. The molecule has 0 spiro atoms. The summed E-state index contributed by atoms with van der Waals surface area (Å²) in [4.78, 5) is 15.4. The van der Waals surface area contributed by atoms with Gasteiger partial charge in [0.25, 0.3) is 0 Å². The van der Waals surface area contributed by atoms with Crippen molar-refractivity contribution < 1.29 is 9.90 Å². The minimum absolute atomic E-state index is 0.293. The molecule has 1 aliphatic rings. The minimum Gasteiger partial charge on any atom is -0.481 e. The van der Waals surface area contributed by atoms with E-state index >= 15 is 0 Å². The first-order chi connectivity index (χ1) is 7.91. The smallest absolute Gasteiger partial charge is 0.303 e. The molecule has 0 saturated carbocycles. The van der Waals surface area contributed by atoms with Crippen LogP contribution in [-0.2, 0) is 4.79 Å². The Morgan fingerprint density at radius 2 is 2.12 bits per heavy atom. The molecular weight excluding hydrogens is 216 g/mol. The van der Waals surface area contributed by atoms with E-state index in [0.717, 1.165) is 25.9 Å². The predicted molar refractivity (Wildman–Crippen MR) is 69.2 cm³/mol. The lowest BCUT2D eigenvalue weighted by Crippen LogP contribution is -2.50. The maximum atomic E-state index is 10.7. The normalized spacial score (nSPS) is 26.7. The molecule has 4 nitrogen and oxygen atoms in total. The van der Waals surface area contributed by atoms with E-state index in [0.29, 0.717) is 24.4 Å². The molecule has 1 fully saturated rings. The zero-order valence-corrected chi connectivity index (χ0v) is 11.5. The maximum absolute atomic E-state index is 10.7. The first-order valence-electron chi connectivity index (χ1n) is 6.54. The number of likely N-dealkylation sites (tertiary alicyclic amines) is 1. The van der Waals surface area contributed by atoms with Crippen molar-refractivity contribution in [1.29, 1.82) is 0 Å². The Balaban J connectivity index is 2.59. The summed E-state index contributed by atoms with van der Waals surface area (Å²) in [6, 6.07) is 1.09. The Hall–Kier alpha value is -0.610. The third-order valence-corrected chi connectivity index (χ3v) is 3.85. The number of rotatable bonds is 5. The van der Waals surface area contributed by atoms with Crippen molar-refractivity contribution >= 4 is 5.97 Å². The monoisotopic (exact) mass is 242 g/mol. The summed E-state index contributed by atoms with van der Waals surface area (Å²) < 4.78 is 0. The second kappa shape index (κ2) is 6.36. The molecule has 0 unspecified atom stereocenters. The lowest BCUT2D eigenvalue weighted by Gasteiger charge is -2.43. The van der Waals surface area contributed by atoms with E-state index in [2.05, 4.69) is 37.7 Å². The first-order valence-corrected chi connectivity index (χ1v) is 6.54. The largest absolute Gasteiger partial charge is 0.481 e. The molecular formula is C13H26N2O2. The van der Waals surface area contributed by atoms with Gasteiger partial charge in [0.15, 0.2) is 0 Å². The molecule has 0 aromatic rings. The van der Waals surface area contributed by atoms with Gasteiger partial charge in [-0.1, -0.05) is 0 Å². The van der Waals surface area contributed by atoms with Crippen molar-refractivity contribution in [1.82, 2.24) is 9.80 Å². The van der Waals surface area contributed by atoms with Crippen LogP contribution in [0.4, 0.5) is 0 Å². The van der Waals surface area contributed by atoms with Crippen LogP contribution in [0, 0.1) is 5.92 Å². The molecule has 100 valence electrons. The van der Waals surface area contributed by atoms with Gasteiger partial charge in [-0.2, -0.15) is 0 Å². The highest BCUT2D eigenvalue weighted by Crippen LogP contribution is 2.25. The summed E-state index contributed by atoms with van der Waals surface area (Å²) >= 11 is 0. The van der Waals surface area contributed by atoms with Gasteiger partial charge in [-0.05, 0) is 53.2 Å². The molecule has 1 saturated heterocycles. The molecule has 1 rings (SSSR count). The Morgan fingerprint density at radius 3 is 2.59 bits per heavy atom. The molecule has 0 aromatic carbocycles. The van der Waals surface area contributed by atoms with Crippen LogP contribution in [0.2, 0.25) is 0 Å². The molecule has 0 aliphatic carbocycles. The third kappa shape index (κ3) is 4.28. The van der Waals surface area contributed by atoms with E-state index in [1.54, 1.807) is 0 Å². The highest BCUT2D eigenvalue weighted by molar-refractivity contribution is 5.66. The molecule has 4 heteroatoms. The Morgan fingerprint density at radius 1 is 1.47 bits per heavy atom. The average Bonchev–Trinajstić information content (AvgIpc) is 2.25. The second-order valence-electron chi connectivity index (χ2n) is 5.60. The molecule has 2 atom stereocenters. The highest BCUT2D eigenvalue weighted by Gasteiger charge is 2.31. The first kappa shape index (κ1) is 14.5. The van der Waals surface area contributed by atoms with Crippen molar-refractivity contribution in [2.45, 2.75) is 45.2 Å². The lowest BCUT2D eigenvalue weighted by atomic mass is 9.87. The quantitative estimate of drug-likeness (QED) is 0.793. The van der Waals surface area contributed by atoms with E-state index < -0.39 is 5.97 Å². The summed E-state index contributed by atoms with van der Waals surface area (Å²) in [6.45, 7) is 6.59. The van der Waals surface area contributed by atoms with Crippen LogP contribution in [0.25, 0.3) is 0 Å². The van der Waals surface area contributed by atoms with E-state index in [4.69, 9.17) is 5.11 Å². The van der Waals surface area contributed by atoms with Gasteiger partial charge in [-0.3, -0.25) is 4.79 Å². The molecule has 1 aliphatic heterocycles. The van der Waals surface area contributed by atoms with Gasteiger partial charge < -0.3 is 14.9 Å². The van der Waals surface area contributed by atoms with Crippen LogP contribution in [0.15, 0.2) is 0 Å². The highest BCUT2D eigenvalue weighted by atomic mass is 16.4. The Labute approximate surface area is 105 Å². The SMILES string of the molecule is CC(C)N1CC[C@@H](N(C)C)[C@@H](CCC(=O)O)C1. The standard InChI is InChI=1S/C13H26N2O2/c1-10(2)15-8-7-12(14(3)4)11(9-15)5-6-13(16)17/h10-12H,5-9H2,1-4H3,(H,16,17)/t11-,12+/m0/s1. The molecule has 0 amide bonds. The zero-order chi connectivity index (χ0) is 13.0. The van der Waals surface area contributed by atoms with Crippen LogP contribution >= 0.6 is 0 Å². The number of hydrogen-bond donors (Lipinski definition) is 1. The summed E-state index contributed by atoms with van der Waals surface area (Å²) in [5, 5.41) is 8.82. The van der Waals surface area contributed by atoms with Crippen LogP contribution in [-0.4, -0.2) is 60.1 Å². The van der Waals surface area contributed by atoms with Gasteiger partial charge in [0.05, 0.1) is 0 Å².